The van der Waals surface area contributed by atoms with Crippen LogP contribution in [0.5, 0.6) is 0 Å². The van der Waals surface area contributed by atoms with Gasteiger partial charge in [0.25, 0.3) is 0 Å². The smallest absolute Gasteiger partial charge is 0.407 e. The number of aryl methyl sites for hydroxylation is 1. The number of benzene rings is 1. The number of carbonyl (C=O) groups excluding carboxylic acids is 1. The fraction of sp³-hybridized carbons (Fsp3) is 0.526. The molecule has 126 valence electrons. The molecule has 1 aromatic rings. The molecule has 0 radical (unpaired) electrons. The normalized spacial score (nSPS) is 17.8. The van der Waals surface area contributed by atoms with Crippen molar-refractivity contribution >= 4 is 6.09 Å². The van der Waals surface area contributed by atoms with Crippen LogP contribution in [0.1, 0.15) is 50.8 Å². The first kappa shape index (κ1) is 17.5. The van der Waals surface area contributed by atoms with E-state index in [2.05, 4.69) is 41.0 Å². The molecule has 4 heteroatoms. The molecule has 1 amide bonds. The van der Waals surface area contributed by atoms with Gasteiger partial charge in [-0.2, -0.15) is 0 Å². The van der Waals surface area contributed by atoms with Gasteiger partial charge < -0.3 is 15.4 Å². The Hall–Kier alpha value is -1.81. The maximum Gasteiger partial charge on any atom is 0.407 e. The van der Waals surface area contributed by atoms with Crippen molar-refractivity contribution in [3.63, 3.8) is 0 Å². The van der Waals surface area contributed by atoms with E-state index >= 15 is 0 Å². The second-order valence-electron chi connectivity index (χ2n) is 6.91. The van der Waals surface area contributed by atoms with E-state index in [1.165, 1.54) is 30.4 Å². The monoisotopic (exact) mass is 316 g/mol. The van der Waals surface area contributed by atoms with Gasteiger partial charge in [0.15, 0.2) is 0 Å². The Balaban J connectivity index is 1.69. The summed E-state index contributed by atoms with van der Waals surface area (Å²) in [5.74, 6) is 0. The Bertz CT molecular complexity index is 547. The molecule has 2 rings (SSSR count). The molecule has 1 unspecified atom stereocenters. The molecule has 0 heterocycles. The minimum absolute atomic E-state index is 0.378. The molecule has 0 saturated carbocycles. The molecule has 0 saturated heterocycles. The van der Waals surface area contributed by atoms with Gasteiger partial charge in [0.2, 0.25) is 0 Å². The van der Waals surface area contributed by atoms with Gasteiger partial charge in [-0.25, -0.2) is 4.79 Å². The minimum atomic E-state index is -0.455. The second-order valence-corrected chi connectivity index (χ2v) is 6.91. The van der Waals surface area contributed by atoms with Crippen LogP contribution >= 0.6 is 0 Å². The molecule has 0 fully saturated rings. The average Bonchev–Trinajstić information content (AvgIpc) is 2.49. The van der Waals surface area contributed by atoms with Crippen molar-refractivity contribution in [2.45, 2.75) is 51.7 Å². The lowest BCUT2D eigenvalue weighted by atomic mass is 9.88. The molecule has 1 atom stereocenters. The average molecular weight is 316 g/mol. The largest absolute Gasteiger partial charge is 0.444 e. The van der Waals surface area contributed by atoms with Crippen LogP contribution in [0.2, 0.25) is 0 Å². The van der Waals surface area contributed by atoms with Crippen molar-refractivity contribution in [1.82, 2.24) is 10.6 Å². The number of alkyl carbamates (subject to hydrolysis) is 1. The third-order valence-electron chi connectivity index (χ3n) is 3.78. The SMILES string of the molecule is CC(C)(C)OC(=O)NC/C=C/CNC1CCCc2ccccc21. The van der Waals surface area contributed by atoms with Gasteiger partial charge in [0.05, 0.1) is 0 Å². The van der Waals surface area contributed by atoms with E-state index in [0.29, 0.717) is 12.6 Å². The van der Waals surface area contributed by atoms with Crippen LogP contribution in [0.15, 0.2) is 36.4 Å². The quantitative estimate of drug-likeness (QED) is 0.814. The zero-order chi connectivity index (χ0) is 16.7. The van der Waals surface area contributed by atoms with E-state index in [-0.39, 0.29) is 6.09 Å². The van der Waals surface area contributed by atoms with E-state index < -0.39 is 5.60 Å². The predicted octanol–water partition coefficient (Wildman–Crippen LogP) is 3.73. The molecule has 23 heavy (non-hydrogen) atoms. The molecule has 2 N–H and O–H groups in total. The molecule has 1 aliphatic carbocycles. The maximum absolute atomic E-state index is 11.5. The van der Waals surface area contributed by atoms with Crippen molar-refractivity contribution in [3.8, 4) is 0 Å². The second kappa shape index (κ2) is 8.16. The number of carbonyl (C=O) groups is 1. The molecule has 0 aromatic heterocycles. The Labute approximate surface area is 139 Å². The van der Waals surface area contributed by atoms with Gasteiger partial charge in [0, 0.05) is 19.1 Å². The van der Waals surface area contributed by atoms with Gasteiger partial charge in [-0.3, -0.25) is 0 Å². The Morgan fingerprint density at radius 1 is 1.26 bits per heavy atom. The fourth-order valence-corrected chi connectivity index (χ4v) is 2.80. The summed E-state index contributed by atoms with van der Waals surface area (Å²) in [4.78, 5) is 11.5. The lowest BCUT2D eigenvalue weighted by Crippen LogP contribution is -2.32. The van der Waals surface area contributed by atoms with E-state index in [1.54, 1.807) is 0 Å². The Morgan fingerprint density at radius 3 is 2.78 bits per heavy atom. The van der Waals surface area contributed by atoms with E-state index in [9.17, 15) is 4.79 Å². The van der Waals surface area contributed by atoms with E-state index in [0.717, 1.165) is 6.54 Å². The van der Waals surface area contributed by atoms with Crippen molar-refractivity contribution < 1.29 is 9.53 Å². The van der Waals surface area contributed by atoms with Crippen molar-refractivity contribution in [2.75, 3.05) is 13.1 Å². The third kappa shape index (κ3) is 6.06. The lowest BCUT2D eigenvalue weighted by Gasteiger charge is -2.26. The summed E-state index contributed by atoms with van der Waals surface area (Å²) in [6, 6.07) is 9.11. The van der Waals surface area contributed by atoms with Gasteiger partial charge >= 0.3 is 6.09 Å². The summed E-state index contributed by atoms with van der Waals surface area (Å²) in [5, 5.41) is 6.29. The first-order valence-electron chi connectivity index (χ1n) is 8.39. The van der Waals surface area contributed by atoms with E-state index in [4.69, 9.17) is 4.74 Å². The molecule has 0 aliphatic heterocycles. The first-order chi connectivity index (χ1) is 11.0. The van der Waals surface area contributed by atoms with E-state index in [1.807, 2.05) is 26.8 Å². The lowest BCUT2D eigenvalue weighted by molar-refractivity contribution is 0.0534. The summed E-state index contributed by atoms with van der Waals surface area (Å²) in [6.45, 7) is 6.85. The van der Waals surface area contributed by atoms with Crippen molar-refractivity contribution in [3.05, 3.63) is 47.5 Å². The Kier molecular flexibility index (Phi) is 6.22. The molecule has 1 aromatic carbocycles. The summed E-state index contributed by atoms with van der Waals surface area (Å²) in [5.41, 5.74) is 2.44. The van der Waals surface area contributed by atoms with Gasteiger partial charge in [-0.05, 0) is 51.2 Å². The highest BCUT2D eigenvalue weighted by Crippen LogP contribution is 2.29. The number of hydrogen-bond donors (Lipinski definition) is 2. The summed E-state index contributed by atoms with van der Waals surface area (Å²) < 4.78 is 5.18. The molecular formula is C19H28N2O2. The molecule has 4 nitrogen and oxygen atoms in total. The minimum Gasteiger partial charge on any atom is -0.444 e. The third-order valence-corrected chi connectivity index (χ3v) is 3.78. The van der Waals surface area contributed by atoms with Crippen LogP contribution in [0.3, 0.4) is 0 Å². The number of nitrogens with one attached hydrogen (secondary N) is 2. The number of hydrogen-bond acceptors (Lipinski definition) is 3. The maximum atomic E-state index is 11.5. The first-order valence-corrected chi connectivity index (χ1v) is 8.39. The fourth-order valence-electron chi connectivity index (χ4n) is 2.80. The number of fused-ring (bicyclic) bond motifs is 1. The highest BCUT2D eigenvalue weighted by molar-refractivity contribution is 5.67. The standard InChI is InChI=1S/C19H28N2O2/c1-19(2,3)23-18(22)21-14-7-6-13-20-17-12-8-10-15-9-4-5-11-16(15)17/h4-7,9,11,17,20H,8,10,12-14H2,1-3H3,(H,21,22)/b7-6+. The van der Waals surface area contributed by atoms with Crippen LogP contribution in [0.4, 0.5) is 4.79 Å². The molecule has 1 aliphatic rings. The highest BCUT2D eigenvalue weighted by atomic mass is 16.6. The predicted molar refractivity (Wildman–Crippen MR) is 93.5 cm³/mol. The summed E-state index contributed by atoms with van der Waals surface area (Å²) in [6.07, 6.45) is 7.22. The van der Waals surface area contributed by atoms with Gasteiger partial charge in [-0.15, -0.1) is 0 Å². The van der Waals surface area contributed by atoms with Crippen LogP contribution in [-0.4, -0.2) is 24.8 Å². The summed E-state index contributed by atoms with van der Waals surface area (Å²) >= 11 is 0. The van der Waals surface area contributed by atoms with Crippen LogP contribution in [0.25, 0.3) is 0 Å². The summed E-state index contributed by atoms with van der Waals surface area (Å²) in [7, 11) is 0. The zero-order valence-corrected chi connectivity index (χ0v) is 14.4. The molecule has 0 spiro atoms. The Morgan fingerprint density at radius 2 is 2.00 bits per heavy atom. The van der Waals surface area contributed by atoms with Gasteiger partial charge in [-0.1, -0.05) is 36.4 Å². The molecular weight excluding hydrogens is 288 g/mol. The van der Waals surface area contributed by atoms with Gasteiger partial charge in [0.1, 0.15) is 5.60 Å². The number of ether oxygens (including phenoxy) is 1. The van der Waals surface area contributed by atoms with Crippen LogP contribution < -0.4 is 10.6 Å². The van der Waals surface area contributed by atoms with Crippen molar-refractivity contribution in [1.29, 1.82) is 0 Å². The number of amides is 1. The zero-order valence-electron chi connectivity index (χ0n) is 14.4. The van der Waals surface area contributed by atoms with Crippen molar-refractivity contribution in [2.24, 2.45) is 0 Å². The van der Waals surface area contributed by atoms with Crippen LogP contribution in [-0.2, 0) is 11.2 Å². The topological polar surface area (TPSA) is 50.4 Å². The molecule has 0 bridgehead atoms. The highest BCUT2D eigenvalue weighted by Gasteiger charge is 2.18. The number of rotatable bonds is 5. The van der Waals surface area contributed by atoms with Crippen LogP contribution in [0, 0.1) is 0 Å².